The van der Waals surface area contributed by atoms with Crippen molar-refractivity contribution in [2.45, 2.75) is 75.7 Å². The Hall–Kier alpha value is -8.32. The number of carbonyl (C=O) groups excluding carboxylic acids is 3. The van der Waals surface area contributed by atoms with Gasteiger partial charge < -0.3 is 59.7 Å². The number of nitrogens with zero attached hydrogens (tertiary/aromatic N) is 9. The van der Waals surface area contributed by atoms with Gasteiger partial charge >= 0.3 is 35.8 Å². The van der Waals surface area contributed by atoms with Gasteiger partial charge in [0.25, 0.3) is 0 Å². The summed E-state index contributed by atoms with van der Waals surface area (Å²) in [5, 5.41) is 46.7. The molecule has 0 radical (unpaired) electrons. The van der Waals surface area contributed by atoms with Gasteiger partial charge in [0.2, 0.25) is 0 Å². The fourth-order valence-corrected chi connectivity index (χ4v) is 15.2. The number of rotatable bonds is 19. The molecule has 8 atom stereocenters. The highest BCUT2D eigenvalue weighted by Gasteiger charge is 2.46. The molecule has 9 heterocycles. The molecule has 0 spiro atoms. The number of benzene rings is 3. The van der Waals surface area contributed by atoms with Gasteiger partial charge in [-0.15, -0.1) is 34.0 Å². The molecule has 6 aromatic rings. The molecule has 0 bridgehead atoms. The van der Waals surface area contributed by atoms with Crippen molar-refractivity contribution in [1.82, 2.24) is 45.6 Å². The van der Waals surface area contributed by atoms with Crippen molar-refractivity contribution < 1.29 is 81.3 Å². The smallest absolute Gasteiger partial charge is 0.338 e. The molecule has 6 aliphatic heterocycles. The Labute approximate surface area is 620 Å². The van der Waals surface area contributed by atoms with Crippen LogP contribution < -0.4 is 16.0 Å². The number of morpholine rings is 3. The minimum Gasteiger partial charge on any atom is -0.480 e. The molecule has 3 aromatic heterocycles. The third-order valence-electron chi connectivity index (χ3n) is 17.5. The number of ether oxygens (including phenoxy) is 6. The van der Waals surface area contributed by atoms with Crippen molar-refractivity contribution in [3.05, 3.63) is 187 Å². The first kappa shape index (κ1) is 77.3. The summed E-state index contributed by atoms with van der Waals surface area (Å²) in [6.45, 7) is 9.58. The van der Waals surface area contributed by atoms with E-state index in [2.05, 4.69) is 51.8 Å². The van der Waals surface area contributed by atoms with Crippen LogP contribution >= 0.6 is 73.1 Å². The zero-order valence-electron chi connectivity index (χ0n) is 56.3. The summed E-state index contributed by atoms with van der Waals surface area (Å²) in [7, 11) is 3.81. The van der Waals surface area contributed by atoms with Crippen molar-refractivity contribution in [1.29, 1.82) is 0 Å². The first-order valence-corrected chi connectivity index (χ1v) is 36.1. The van der Waals surface area contributed by atoms with Gasteiger partial charge in [0.05, 0.1) is 76.7 Å². The first-order valence-electron chi connectivity index (χ1n) is 31.9. The number of carboxylic acids is 3. The largest absolute Gasteiger partial charge is 0.480 e. The molecule has 103 heavy (non-hydrogen) atoms. The molecule has 0 amide bonds. The van der Waals surface area contributed by atoms with Gasteiger partial charge in [0.15, 0.2) is 32.5 Å². The number of amidine groups is 3. The number of aliphatic imine (C=N–C) groups is 3. The molecule has 0 unspecified atom stereocenters. The summed E-state index contributed by atoms with van der Waals surface area (Å²) in [4.78, 5) is 108. The lowest BCUT2D eigenvalue weighted by Gasteiger charge is -2.42. The third kappa shape index (κ3) is 17.6. The topological polar surface area (TPSA) is 340 Å². The van der Waals surface area contributed by atoms with Crippen molar-refractivity contribution >= 4 is 126 Å². The van der Waals surface area contributed by atoms with E-state index in [9.17, 15) is 52.9 Å². The number of aliphatic carboxylic acids is 3. The highest BCUT2D eigenvalue weighted by molar-refractivity contribution is 9.10. The fourth-order valence-electron chi connectivity index (χ4n) is 12.4. The Balaban J connectivity index is 0.000000166. The van der Waals surface area contributed by atoms with Crippen molar-refractivity contribution in [2.24, 2.45) is 20.9 Å². The standard InChI is InChI=1S/C24H26ClFN4O5S.C22H23BrN4O5S.C22H22ClFN4O5S/c1-12(2)20-19(23(31)32)30(7-8-35-20)11-16-17(24(33)34-3)18(14-5-4-13(26)10-15(14)25)29-21(28-16)22-27-6-9-36-22;1-12-18(21(28)29)27(8-9-32-12)11-15-16(22(30)31-2)17(13-5-3-4-6-14(13)23)26-19(25-15)20-24-7-10-33-20;1-22(21(30)31)11-33-7-6-28(22)10-15-16(20(29)32-2)17(13-4-3-12(24)9-14(13)23)27-18(26-15)19-25-5-8-34-19/h4-6,9-10,12,18-20H,7-8,11H2,1-3H3,(H,28,29)(H,31,32);3-7,10,12,17-18H,8-9,11H2,1-2H3,(H,25,26)(H,28,29);3-5,8-9,17H,6-7,10-11H2,1-2H3,(H,26,27)(H,30,31)/t18-,19-,20+;12-,17+,18+;17-,22-/m010/s1. The molecular formula is C68H71BrCl2F2N12O15S3. The second-order valence-electron chi connectivity index (χ2n) is 24.2. The monoisotopic (exact) mass is 1580 g/mol. The van der Waals surface area contributed by atoms with E-state index in [1.165, 1.54) is 79.6 Å². The van der Waals surface area contributed by atoms with Gasteiger partial charge in [0, 0.05) is 117 Å². The van der Waals surface area contributed by atoms with E-state index in [1.807, 2.05) is 43.5 Å². The molecule has 27 nitrogen and oxygen atoms in total. The second kappa shape index (κ2) is 34.5. The molecule has 3 fully saturated rings. The van der Waals surface area contributed by atoms with Crippen LogP contribution in [0, 0.1) is 17.6 Å². The first-order chi connectivity index (χ1) is 49.3. The normalized spacial score (nSPS) is 23.2. The van der Waals surface area contributed by atoms with Gasteiger partial charge in [-0.2, -0.15) is 0 Å². The third-order valence-corrected chi connectivity index (χ3v) is 21.2. The van der Waals surface area contributed by atoms with Crippen LogP contribution in [0.15, 0.2) is 149 Å². The molecule has 12 rings (SSSR count). The van der Waals surface area contributed by atoms with Gasteiger partial charge in [-0.3, -0.25) is 44.1 Å². The Morgan fingerprint density at radius 1 is 0.621 bits per heavy atom. The Kier molecular flexibility index (Phi) is 25.9. The van der Waals surface area contributed by atoms with E-state index in [1.54, 1.807) is 57.9 Å². The van der Waals surface area contributed by atoms with Crippen LogP contribution in [0.1, 0.15) is 77.5 Å². The van der Waals surface area contributed by atoms with Crippen molar-refractivity contribution in [2.75, 3.05) is 87.0 Å². The lowest BCUT2D eigenvalue weighted by atomic mass is 9.93. The number of hydrogen-bond donors (Lipinski definition) is 6. The number of carboxylic acid groups (broad SMARTS) is 3. The van der Waals surface area contributed by atoms with Crippen LogP contribution in [-0.4, -0.2) is 215 Å². The fraction of sp³-hybridized carbons (Fsp3) is 0.382. The van der Waals surface area contributed by atoms with Crippen LogP contribution in [0.3, 0.4) is 0 Å². The summed E-state index contributed by atoms with van der Waals surface area (Å²) in [5.74, 6) is -4.71. The number of esters is 3. The number of carbonyl (C=O) groups is 6. The number of nitrogens with one attached hydrogen (secondary N) is 3. The maximum atomic E-state index is 13.8. The van der Waals surface area contributed by atoms with Crippen LogP contribution in [0.2, 0.25) is 10.0 Å². The lowest BCUT2D eigenvalue weighted by molar-refractivity contribution is -0.161. The number of hydrogen-bond acceptors (Lipinski definition) is 27. The van der Waals surface area contributed by atoms with Gasteiger partial charge in [-0.05, 0) is 55.7 Å². The minimum atomic E-state index is -1.31. The summed E-state index contributed by atoms with van der Waals surface area (Å²) in [6, 6.07) is 11.0. The molecule has 3 saturated heterocycles. The van der Waals surface area contributed by atoms with E-state index >= 15 is 0 Å². The summed E-state index contributed by atoms with van der Waals surface area (Å²) in [6.07, 6.45) is 3.90. The predicted octanol–water partition coefficient (Wildman–Crippen LogP) is 8.49. The molecule has 6 aliphatic rings. The SMILES string of the molecule is COC(=O)C1=C(CN2CCOC[C@@]2(C)C(=O)O)NC(c2nccs2)=N[C@H]1c1ccc(F)cc1Cl.COC(=O)C1=C(CN2CCO[C@H](C(C)C)[C@H]2C(=O)O)NC(c2nccs2)=N[C@H]1c1ccc(F)cc1Cl.COC(=O)C1=C(CN2CCO[C@H](C)[C@H]2C(=O)O)NC(c2nccs2)=N[C@H]1c1ccccc1Br. The Morgan fingerprint density at radius 2 is 1.05 bits per heavy atom. The zero-order valence-corrected chi connectivity index (χ0v) is 61.9. The number of methoxy groups -OCH3 is 3. The molecule has 3 aromatic carbocycles. The minimum absolute atomic E-state index is 0.0101. The van der Waals surface area contributed by atoms with Crippen LogP contribution in [0.4, 0.5) is 8.78 Å². The zero-order chi connectivity index (χ0) is 74.0. The number of thiazole rings is 3. The van der Waals surface area contributed by atoms with Gasteiger partial charge in [0.1, 0.15) is 47.4 Å². The Bertz CT molecular complexity index is 4340. The van der Waals surface area contributed by atoms with Gasteiger partial charge in [-0.25, -0.2) is 38.1 Å². The predicted molar refractivity (Wildman–Crippen MR) is 382 cm³/mol. The van der Waals surface area contributed by atoms with E-state index in [-0.39, 0.29) is 53.4 Å². The van der Waals surface area contributed by atoms with Crippen molar-refractivity contribution in [3.63, 3.8) is 0 Å². The highest BCUT2D eigenvalue weighted by Crippen LogP contribution is 2.41. The molecule has 35 heteroatoms. The number of halogens is 5. The van der Waals surface area contributed by atoms with E-state index in [0.717, 1.165) is 22.2 Å². The van der Waals surface area contributed by atoms with E-state index < -0.39 is 95.4 Å². The van der Waals surface area contributed by atoms with Gasteiger partial charge in [-0.1, -0.05) is 83.3 Å². The van der Waals surface area contributed by atoms with Crippen LogP contribution in [0.5, 0.6) is 0 Å². The summed E-state index contributed by atoms with van der Waals surface area (Å²) in [5.41, 5.74) is 2.25. The van der Waals surface area contributed by atoms with Crippen LogP contribution in [-0.2, 0) is 57.2 Å². The average Bonchev–Trinajstić information content (AvgIpc) is 1.40. The van der Waals surface area contributed by atoms with Crippen LogP contribution in [0.25, 0.3) is 0 Å². The number of aromatic nitrogens is 3. The maximum Gasteiger partial charge on any atom is 0.338 e. The molecule has 6 N–H and O–H groups in total. The highest BCUT2D eigenvalue weighted by atomic mass is 79.9. The quantitative estimate of drug-likeness (QED) is 0.0327. The van der Waals surface area contributed by atoms with E-state index in [0.29, 0.717) is 106 Å². The average molecular weight is 1580 g/mol. The molecule has 0 saturated carbocycles. The maximum absolute atomic E-state index is 13.8. The molecule has 0 aliphatic carbocycles. The molecule has 546 valence electrons. The summed E-state index contributed by atoms with van der Waals surface area (Å²) >= 11 is 20.4. The Morgan fingerprint density at radius 3 is 1.45 bits per heavy atom. The lowest BCUT2D eigenvalue weighted by Crippen LogP contribution is -2.61. The summed E-state index contributed by atoms with van der Waals surface area (Å²) < 4.78 is 60.4. The van der Waals surface area contributed by atoms with Crippen molar-refractivity contribution in [3.8, 4) is 0 Å². The van der Waals surface area contributed by atoms with E-state index in [4.69, 9.17) is 61.6 Å². The molecular weight excluding hydrogens is 1510 g/mol. The second-order valence-corrected chi connectivity index (χ2v) is 28.6.